The Labute approximate surface area is 101 Å². The van der Waals surface area contributed by atoms with Crippen LogP contribution in [0.1, 0.15) is 25.7 Å². The summed E-state index contributed by atoms with van der Waals surface area (Å²) in [5, 5.41) is 0. The molecule has 0 atom stereocenters. The Morgan fingerprint density at radius 1 is 0.625 bits per heavy atom. The molecule has 1 aliphatic carbocycles. The van der Waals surface area contributed by atoms with Crippen LogP contribution < -0.4 is 0 Å². The molecule has 0 amide bonds. The van der Waals surface area contributed by atoms with E-state index >= 15 is 0 Å². The van der Waals surface area contributed by atoms with Gasteiger partial charge in [-0.2, -0.15) is 0 Å². The Bertz CT molecular complexity index is 199. The van der Waals surface area contributed by atoms with Crippen molar-refractivity contribution in [1.29, 1.82) is 0 Å². The van der Waals surface area contributed by atoms with Gasteiger partial charge in [0, 0.05) is 12.1 Å². The fraction of sp³-hybridized carbons (Fsp3) is 0.714. The summed E-state index contributed by atoms with van der Waals surface area (Å²) >= 11 is 0. The average molecular weight is 222 g/mol. The summed E-state index contributed by atoms with van der Waals surface area (Å²) < 4.78 is 0. The Morgan fingerprint density at radius 3 is 1.06 bits per heavy atom. The highest BCUT2D eigenvalue weighted by Gasteiger charge is 2.11. The molecule has 0 aromatic heterocycles. The molecule has 0 heterocycles. The molecule has 0 spiro atoms. The molecule has 0 radical (unpaired) electrons. The van der Waals surface area contributed by atoms with Crippen LogP contribution in [0.4, 0.5) is 0 Å². The second-order valence-electron chi connectivity index (χ2n) is 5.12. The van der Waals surface area contributed by atoms with Gasteiger partial charge >= 0.3 is 0 Å². The third-order valence-corrected chi connectivity index (χ3v) is 3.43. The average Bonchev–Trinajstić information content (AvgIpc) is 2.24. The third kappa shape index (κ3) is 4.50. The first-order chi connectivity index (χ1) is 7.61. The van der Waals surface area contributed by atoms with Crippen molar-refractivity contribution in [2.45, 2.75) is 37.8 Å². The maximum Gasteiger partial charge on any atom is 0.0158 e. The molecule has 0 fully saturated rings. The monoisotopic (exact) mass is 222 g/mol. The Kier molecular flexibility index (Phi) is 5.78. The molecular formula is C14H26N2. The maximum atomic E-state index is 2.35. The quantitative estimate of drug-likeness (QED) is 0.663. The van der Waals surface area contributed by atoms with Crippen LogP contribution in [-0.2, 0) is 0 Å². The van der Waals surface area contributed by atoms with Crippen LogP contribution in [0.2, 0.25) is 0 Å². The zero-order chi connectivity index (χ0) is 12.0. The normalized spacial score (nSPS) is 27.6. The lowest BCUT2D eigenvalue weighted by molar-refractivity contribution is 0.287. The van der Waals surface area contributed by atoms with Crippen molar-refractivity contribution in [1.82, 2.24) is 9.80 Å². The lowest BCUT2D eigenvalue weighted by Crippen LogP contribution is -2.28. The maximum absolute atomic E-state index is 2.35. The molecule has 0 saturated carbocycles. The van der Waals surface area contributed by atoms with E-state index in [1.807, 2.05) is 0 Å². The van der Waals surface area contributed by atoms with Gasteiger partial charge in [-0.1, -0.05) is 24.3 Å². The van der Waals surface area contributed by atoms with E-state index in [-0.39, 0.29) is 0 Å². The van der Waals surface area contributed by atoms with E-state index in [0.717, 1.165) is 25.7 Å². The molecule has 2 heteroatoms. The van der Waals surface area contributed by atoms with Crippen molar-refractivity contribution in [2.75, 3.05) is 28.2 Å². The summed E-state index contributed by atoms with van der Waals surface area (Å²) in [6.07, 6.45) is 14.0. The number of hydrogen-bond acceptors (Lipinski definition) is 2. The van der Waals surface area contributed by atoms with E-state index in [1.165, 1.54) is 0 Å². The highest BCUT2D eigenvalue weighted by Crippen LogP contribution is 2.13. The third-order valence-electron chi connectivity index (χ3n) is 3.43. The summed E-state index contributed by atoms with van der Waals surface area (Å²) in [6.45, 7) is 0. The van der Waals surface area contributed by atoms with Crippen LogP contribution in [0.3, 0.4) is 0 Å². The minimum absolute atomic E-state index is 0.656. The van der Waals surface area contributed by atoms with Crippen molar-refractivity contribution in [3.63, 3.8) is 0 Å². The van der Waals surface area contributed by atoms with Gasteiger partial charge in [-0.3, -0.25) is 0 Å². The predicted molar refractivity (Wildman–Crippen MR) is 71.7 cm³/mol. The van der Waals surface area contributed by atoms with Gasteiger partial charge in [0.05, 0.1) is 0 Å². The van der Waals surface area contributed by atoms with E-state index < -0.39 is 0 Å². The SMILES string of the molecule is CN(C)C1CC=CCC(N(C)C)CC=CC1. The van der Waals surface area contributed by atoms with Gasteiger partial charge in [-0.25, -0.2) is 0 Å². The molecule has 0 bridgehead atoms. The standard InChI is InChI=1S/C14H26N2/c1-15(2)13-9-5-7-11-14(16(3)4)12-8-6-10-13/h5-8,13-14H,9-12H2,1-4H3. The second kappa shape index (κ2) is 6.87. The topological polar surface area (TPSA) is 6.48 Å². The molecule has 0 aromatic carbocycles. The van der Waals surface area contributed by atoms with Crippen molar-refractivity contribution in [2.24, 2.45) is 0 Å². The highest BCUT2D eigenvalue weighted by molar-refractivity contribution is 4.98. The fourth-order valence-corrected chi connectivity index (χ4v) is 2.05. The van der Waals surface area contributed by atoms with E-state index in [2.05, 4.69) is 62.3 Å². The summed E-state index contributed by atoms with van der Waals surface area (Å²) in [6, 6.07) is 1.31. The Morgan fingerprint density at radius 2 is 0.875 bits per heavy atom. The van der Waals surface area contributed by atoms with E-state index in [0.29, 0.717) is 12.1 Å². The van der Waals surface area contributed by atoms with Crippen LogP contribution in [-0.4, -0.2) is 50.1 Å². The molecule has 0 aromatic rings. The fourth-order valence-electron chi connectivity index (χ4n) is 2.05. The lowest BCUT2D eigenvalue weighted by Gasteiger charge is -2.24. The highest BCUT2D eigenvalue weighted by atomic mass is 15.1. The molecule has 1 rings (SSSR count). The van der Waals surface area contributed by atoms with Gasteiger partial charge in [0.25, 0.3) is 0 Å². The van der Waals surface area contributed by atoms with Crippen LogP contribution in [0.15, 0.2) is 24.3 Å². The van der Waals surface area contributed by atoms with Crippen molar-refractivity contribution >= 4 is 0 Å². The van der Waals surface area contributed by atoms with Crippen molar-refractivity contribution < 1.29 is 0 Å². The minimum atomic E-state index is 0.656. The van der Waals surface area contributed by atoms with Gasteiger partial charge in [0.1, 0.15) is 0 Å². The largest absolute Gasteiger partial charge is 0.306 e. The molecule has 1 aliphatic rings. The molecule has 16 heavy (non-hydrogen) atoms. The van der Waals surface area contributed by atoms with Crippen molar-refractivity contribution in [3.8, 4) is 0 Å². The van der Waals surface area contributed by atoms with Gasteiger partial charge in [0.15, 0.2) is 0 Å². The first kappa shape index (κ1) is 13.5. The first-order valence-corrected chi connectivity index (χ1v) is 6.24. The minimum Gasteiger partial charge on any atom is -0.306 e. The summed E-state index contributed by atoms with van der Waals surface area (Å²) in [5.74, 6) is 0. The molecular weight excluding hydrogens is 196 g/mol. The Balaban J connectivity index is 2.57. The van der Waals surface area contributed by atoms with Crippen LogP contribution in [0.5, 0.6) is 0 Å². The molecule has 0 aliphatic heterocycles. The number of hydrogen-bond donors (Lipinski definition) is 0. The smallest absolute Gasteiger partial charge is 0.0158 e. The molecule has 0 unspecified atom stereocenters. The summed E-state index contributed by atoms with van der Waals surface area (Å²) in [4.78, 5) is 4.64. The van der Waals surface area contributed by atoms with Gasteiger partial charge in [-0.05, 0) is 53.9 Å². The van der Waals surface area contributed by atoms with Crippen LogP contribution in [0.25, 0.3) is 0 Å². The molecule has 0 N–H and O–H groups in total. The van der Waals surface area contributed by atoms with Gasteiger partial charge < -0.3 is 9.80 Å². The molecule has 92 valence electrons. The summed E-state index contributed by atoms with van der Waals surface area (Å²) in [5.41, 5.74) is 0. The zero-order valence-corrected chi connectivity index (χ0v) is 11.2. The van der Waals surface area contributed by atoms with Crippen LogP contribution in [0, 0.1) is 0 Å². The number of nitrogens with zero attached hydrogens (tertiary/aromatic N) is 2. The molecule has 0 saturated heterocycles. The number of rotatable bonds is 2. The van der Waals surface area contributed by atoms with Crippen LogP contribution >= 0.6 is 0 Å². The van der Waals surface area contributed by atoms with E-state index in [4.69, 9.17) is 0 Å². The zero-order valence-electron chi connectivity index (χ0n) is 11.2. The van der Waals surface area contributed by atoms with Crippen molar-refractivity contribution in [3.05, 3.63) is 24.3 Å². The predicted octanol–water partition coefficient (Wildman–Crippen LogP) is 2.53. The molecule has 2 nitrogen and oxygen atoms in total. The Hall–Kier alpha value is -0.600. The van der Waals surface area contributed by atoms with E-state index in [1.54, 1.807) is 0 Å². The second-order valence-corrected chi connectivity index (χ2v) is 5.12. The van der Waals surface area contributed by atoms with Gasteiger partial charge in [0.2, 0.25) is 0 Å². The van der Waals surface area contributed by atoms with E-state index in [9.17, 15) is 0 Å². The first-order valence-electron chi connectivity index (χ1n) is 6.24. The summed E-state index contributed by atoms with van der Waals surface area (Å²) in [7, 11) is 8.67. The lowest BCUT2D eigenvalue weighted by atomic mass is 10.0. The van der Waals surface area contributed by atoms with Gasteiger partial charge in [-0.15, -0.1) is 0 Å².